The van der Waals surface area contributed by atoms with Gasteiger partial charge in [0.2, 0.25) is 5.91 Å². The molecule has 0 aromatic rings. The molecule has 3 heteroatoms. The quantitative estimate of drug-likeness (QED) is 0.859. The van der Waals surface area contributed by atoms with Gasteiger partial charge >= 0.3 is 0 Å². The monoisotopic (exact) mass is 281 g/mol. The summed E-state index contributed by atoms with van der Waals surface area (Å²) in [6, 6.07) is 0. The molecule has 1 amide bonds. The van der Waals surface area contributed by atoms with Gasteiger partial charge in [-0.1, -0.05) is 33.6 Å². The number of amides is 1. The second-order valence-electron chi connectivity index (χ2n) is 7.36. The minimum absolute atomic E-state index is 0.0885. The van der Waals surface area contributed by atoms with Gasteiger partial charge in [-0.05, 0) is 38.0 Å². The van der Waals surface area contributed by atoms with Crippen LogP contribution in [0.2, 0.25) is 0 Å². The lowest BCUT2D eigenvalue weighted by Gasteiger charge is -2.41. The Bertz CT molecular complexity index is 334. The van der Waals surface area contributed by atoms with Crippen LogP contribution in [0.1, 0.15) is 65.7 Å². The van der Waals surface area contributed by atoms with Crippen LogP contribution in [0.15, 0.2) is 0 Å². The second kappa shape index (κ2) is 6.46. The first kappa shape index (κ1) is 15.8. The highest BCUT2D eigenvalue weighted by Crippen LogP contribution is 2.45. The van der Waals surface area contributed by atoms with Crippen molar-refractivity contribution in [3.63, 3.8) is 0 Å². The first-order valence-corrected chi connectivity index (χ1v) is 8.46. The van der Waals surface area contributed by atoms with Crippen LogP contribution < -0.4 is 0 Å². The molecule has 1 saturated carbocycles. The summed E-state index contributed by atoms with van der Waals surface area (Å²) in [5, 5.41) is 10.0. The highest BCUT2D eigenvalue weighted by Gasteiger charge is 2.45. The van der Waals surface area contributed by atoms with Crippen LogP contribution in [0.3, 0.4) is 0 Å². The average molecular weight is 281 g/mol. The molecule has 0 bridgehead atoms. The number of hydrogen-bond donors (Lipinski definition) is 1. The van der Waals surface area contributed by atoms with Crippen molar-refractivity contribution in [2.24, 2.45) is 17.3 Å². The fourth-order valence-corrected chi connectivity index (χ4v) is 4.28. The molecule has 1 heterocycles. The third-order valence-electron chi connectivity index (χ3n) is 5.32. The van der Waals surface area contributed by atoms with Crippen LogP contribution >= 0.6 is 0 Å². The van der Waals surface area contributed by atoms with Crippen molar-refractivity contribution in [2.75, 3.05) is 13.1 Å². The summed E-state index contributed by atoms with van der Waals surface area (Å²) in [5.74, 6) is 1.23. The third kappa shape index (κ3) is 3.19. The van der Waals surface area contributed by atoms with Gasteiger partial charge in [0.05, 0.1) is 6.10 Å². The number of rotatable bonds is 4. The van der Waals surface area contributed by atoms with E-state index in [1.165, 1.54) is 12.8 Å². The van der Waals surface area contributed by atoms with Gasteiger partial charge < -0.3 is 10.0 Å². The van der Waals surface area contributed by atoms with E-state index in [1.54, 1.807) is 0 Å². The van der Waals surface area contributed by atoms with Crippen molar-refractivity contribution in [3.05, 3.63) is 0 Å². The molecule has 2 aliphatic rings. The van der Waals surface area contributed by atoms with Crippen molar-refractivity contribution >= 4 is 5.91 Å². The molecule has 1 aliphatic carbocycles. The Hall–Kier alpha value is -0.570. The lowest BCUT2D eigenvalue weighted by atomic mass is 9.76. The van der Waals surface area contributed by atoms with Gasteiger partial charge in [0, 0.05) is 24.4 Å². The van der Waals surface area contributed by atoms with E-state index in [1.807, 2.05) is 0 Å². The van der Waals surface area contributed by atoms with Gasteiger partial charge in [0.25, 0.3) is 0 Å². The van der Waals surface area contributed by atoms with Crippen LogP contribution in [0.5, 0.6) is 0 Å². The molecule has 1 N–H and O–H groups in total. The van der Waals surface area contributed by atoms with E-state index in [4.69, 9.17) is 0 Å². The van der Waals surface area contributed by atoms with Crippen molar-refractivity contribution in [2.45, 2.75) is 71.8 Å². The van der Waals surface area contributed by atoms with Crippen molar-refractivity contribution < 1.29 is 9.90 Å². The van der Waals surface area contributed by atoms with Crippen LogP contribution in [-0.4, -0.2) is 35.1 Å². The number of aliphatic hydroxyl groups is 1. The zero-order chi connectivity index (χ0) is 14.8. The summed E-state index contributed by atoms with van der Waals surface area (Å²) in [5.41, 5.74) is -0.0885. The van der Waals surface area contributed by atoms with E-state index in [0.29, 0.717) is 11.8 Å². The molecule has 1 aliphatic heterocycles. The molecule has 2 fully saturated rings. The van der Waals surface area contributed by atoms with Crippen LogP contribution in [0.4, 0.5) is 0 Å². The number of hydrogen-bond acceptors (Lipinski definition) is 2. The predicted octanol–water partition coefficient (Wildman–Crippen LogP) is 3.21. The van der Waals surface area contributed by atoms with E-state index in [2.05, 4.69) is 25.7 Å². The standard InChI is InChI=1S/C17H31NO2/c1-4-14-12-18(10-7-15(14)19)16(20)17(11-13(2)3)8-5-6-9-17/h13-15,19H,4-12H2,1-3H3. The van der Waals surface area contributed by atoms with E-state index < -0.39 is 0 Å². The molecule has 2 rings (SSSR count). The number of nitrogens with zero attached hydrogens (tertiary/aromatic N) is 1. The van der Waals surface area contributed by atoms with E-state index in [-0.39, 0.29) is 17.4 Å². The molecular formula is C17H31NO2. The van der Waals surface area contributed by atoms with Crippen LogP contribution in [0.25, 0.3) is 0 Å². The van der Waals surface area contributed by atoms with Gasteiger partial charge in [-0.15, -0.1) is 0 Å². The summed E-state index contributed by atoms with van der Waals surface area (Å²) in [6.45, 7) is 8.07. The molecule has 0 radical (unpaired) electrons. The average Bonchev–Trinajstić information content (AvgIpc) is 2.87. The van der Waals surface area contributed by atoms with Gasteiger partial charge in [-0.25, -0.2) is 0 Å². The Morgan fingerprint density at radius 1 is 1.35 bits per heavy atom. The molecule has 1 saturated heterocycles. The maximum absolute atomic E-state index is 13.1. The van der Waals surface area contributed by atoms with E-state index in [0.717, 1.165) is 45.2 Å². The Labute approximate surface area is 123 Å². The summed E-state index contributed by atoms with van der Waals surface area (Å²) >= 11 is 0. The van der Waals surface area contributed by atoms with E-state index >= 15 is 0 Å². The summed E-state index contributed by atoms with van der Waals surface area (Å²) < 4.78 is 0. The molecular weight excluding hydrogens is 250 g/mol. The maximum Gasteiger partial charge on any atom is 0.228 e. The molecule has 116 valence electrons. The van der Waals surface area contributed by atoms with Gasteiger partial charge in [-0.3, -0.25) is 4.79 Å². The van der Waals surface area contributed by atoms with Gasteiger partial charge in [0.15, 0.2) is 0 Å². The molecule has 0 spiro atoms. The fourth-order valence-electron chi connectivity index (χ4n) is 4.28. The van der Waals surface area contributed by atoms with Gasteiger partial charge in [-0.2, -0.15) is 0 Å². The van der Waals surface area contributed by atoms with Crippen molar-refractivity contribution in [3.8, 4) is 0 Å². The minimum Gasteiger partial charge on any atom is -0.393 e. The van der Waals surface area contributed by atoms with Crippen LogP contribution in [-0.2, 0) is 4.79 Å². The summed E-state index contributed by atoms with van der Waals surface area (Å²) in [7, 11) is 0. The number of likely N-dealkylation sites (tertiary alicyclic amines) is 1. The first-order chi connectivity index (χ1) is 9.48. The van der Waals surface area contributed by atoms with Crippen LogP contribution in [0, 0.1) is 17.3 Å². The Morgan fingerprint density at radius 2 is 2.00 bits per heavy atom. The maximum atomic E-state index is 13.1. The topological polar surface area (TPSA) is 40.5 Å². The van der Waals surface area contributed by atoms with E-state index in [9.17, 15) is 9.90 Å². The normalized spacial score (nSPS) is 29.9. The number of aliphatic hydroxyl groups excluding tert-OH is 1. The zero-order valence-corrected chi connectivity index (χ0v) is 13.4. The first-order valence-electron chi connectivity index (χ1n) is 8.46. The van der Waals surface area contributed by atoms with Gasteiger partial charge in [0.1, 0.15) is 0 Å². The highest BCUT2D eigenvalue weighted by atomic mass is 16.3. The number of carbonyl (C=O) groups is 1. The lowest BCUT2D eigenvalue weighted by Crippen LogP contribution is -2.51. The molecule has 0 aromatic carbocycles. The fraction of sp³-hybridized carbons (Fsp3) is 0.941. The highest BCUT2D eigenvalue weighted by molar-refractivity contribution is 5.83. The van der Waals surface area contributed by atoms with Crippen molar-refractivity contribution in [1.29, 1.82) is 0 Å². The van der Waals surface area contributed by atoms with Crippen molar-refractivity contribution in [1.82, 2.24) is 4.90 Å². The smallest absolute Gasteiger partial charge is 0.228 e. The molecule has 2 unspecified atom stereocenters. The largest absolute Gasteiger partial charge is 0.393 e. The molecule has 20 heavy (non-hydrogen) atoms. The zero-order valence-electron chi connectivity index (χ0n) is 13.4. The Balaban J connectivity index is 2.08. The molecule has 0 aromatic heterocycles. The number of carbonyl (C=O) groups excluding carboxylic acids is 1. The lowest BCUT2D eigenvalue weighted by molar-refractivity contribution is -0.147. The Kier molecular flexibility index (Phi) is 5.11. The number of piperidine rings is 1. The summed E-state index contributed by atoms with van der Waals surface area (Å²) in [4.78, 5) is 15.1. The second-order valence-corrected chi connectivity index (χ2v) is 7.36. The SMILES string of the molecule is CCC1CN(C(=O)C2(CC(C)C)CCCC2)CCC1O. The summed E-state index contributed by atoms with van der Waals surface area (Å²) in [6.07, 6.45) is 7.07. The molecule has 2 atom stereocenters. The predicted molar refractivity (Wildman–Crippen MR) is 81.3 cm³/mol. The third-order valence-corrected chi connectivity index (χ3v) is 5.32. The minimum atomic E-state index is -0.214. The Morgan fingerprint density at radius 3 is 2.55 bits per heavy atom. The molecule has 3 nitrogen and oxygen atoms in total.